The summed E-state index contributed by atoms with van der Waals surface area (Å²) in [5.74, 6) is 0.770. The van der Waals surface area contributed by atoms with Crippen molar-refractivity contribution < 1.29 is 5.11 Å². The lowest BCUT2D eigenvalue weighted by Crippen LogP contribution is -2.48. The molecule has 1 aromatic heterocycles. The van der Waals surface area contributed by atoms with Gasteiger partial charge in [-0.15, -0.1) is 5.10 Å². The highest BCUT2D eigenvalue weighted by atomic mass is 16.3. The van der Waals surface area contributed by atoms with Gasteiger partial charge < -0.3 is 5.11 Å². The molecule has 0 amide bonds. The molecule has 0 saturated carbocycles. The van der Waals surface area contributed by atoms with Gasteiger partial charge in [-0.2, -0.15) is 0 Å². The molecule has 16 heavy (non-hydrogen) atoms. The number of rotatable bonds is 5. The van der Waals surface area contributed by atoms with Crippen molar-refractivity contribution in [2.45, 2.75) is 32.9 Å². The summed E-state index contributed by atoms with van der Waals surface area (Å²) in [6.07, 6.45) is 3.09. The van der Waals surface area contributed by atoms with E-state index in [0.29, 0.717) is 11.7 Å². The lowest BCUT2D eigenvalue weighted by Gasteiger charge is -2.39. The second-order valence-electron chi connectivity index (χ2n) is 4.94. The predicted octanol–water partition coefficient (Wildman–Crippen LogP) is 0.673. The van der Waals surface area contributed by atoms with Gasteiger partial charge in [-0.25, -0.2) is 4.68 Å². The van der Waals surface area contributed by atoms with Gasteiger partial charge in [0.25, 0.3) is 0 Å². The highest BCUT2D eigenvalue weighted by Gasteiger charge is 2.28. The van der Waals surface area contributed by atoms with Crippen LogP contribution in [0.3, 0.4) is 0 Å². The van der Waals surface area contributed by atoms with Gasteiger partial charge in [0.15, 0.2) is 0 Å². The zero-order valence-corrected chi connectivity index (χ0v) is 10.0. The average Bonchev–Trinajstić information content (AvgIpc) is 2.63. The number of aromatic nitrogens is 3. The van der Waals surface area contributed by atoms with Crippen molar-refractivity contribution in [2.75, 3.05) is 19.6 Å². The van der Waals surface area contributed by atoms with Crippen LogP contribution in [0.25, 0.3) is 0 Å². The Hall–Kier alpha value is -0.940. The van der Waals surface area contributed by atoms with Gasteiger partial charge in [-0.3, -0.25) is 4.90 Å². The van der Waals surface area contributed by atoms with E-state index >= 15 is 0 Å². The van der Waals surface area contributed by atoms with E-state index in [4.69, 9.17) is 5.11 Å². The number of hydrogen-bond acceptors (Lipinski definition) is 4. The molecular formula is C11H20N4O. The molecule has 1 saturated heterocycles. The number of aliphatic hydroxyl groups excluding tert-OH is 1. The normalized spacial score (nSPS) is 18.0. The largest absolute Gasteiger partial charge is 0.390 e. The van der Waals surface area contributed by atoms with Gasteiger partial charge >= 0.3 is 0 Å². The average molecular weight is 224 g/mol. The summed E-state index contributed by atoms with van der Waals surface area (Å²) >= 11 is 0. The fourth-order valence-corrected chi connectivity index (χ4v) is 1.90. The number of aliphatic hydroxyl groups is 1. The van der Waals surface area contributed by atoms with Crippen LogP contribution in [0.2, 0.25) is 0 Å². The van der Waals surface area contributed by atoms with Crippen molar-refractivity contribution in [3.8, 4) is 0 Å². The third-order valence-corrected chi connectivity index (χ3v) is 3.05. The second kappa shape index (κ2) is 4.93. The molecule has 0 bridgehead atoms. The molecule has 0 atom stereocenters. The maximum atomic E-state index is 8.89. The summed E-state index contributed by atoms with van der Waals surface area (Å²) in [5, 5.41) is 16.8. The van der Waals surface area contributed by atoms with Crippen LogP contribution in [-0.4, -0.2) is 44.6 Å². The van der Waals surface area contributed by atoms with Crippen LogP contribution in [0.4, 0.5) is 0 Å². The Morgan fingerprint density at radius 3 is 2.81 bits per heavy atom. The molecule has 1 aliphatic rings. The lowest BCUT2D eigenvalue weighted by atomic mass is 10.1. The molecule has 5 heteroatoms. The minimum absolute atomic E-state index is 0.0240. The van der Waals surface area contributed by atoms with Gasteiger partial charge in [-0.1, -0.05) is 19.1 Å². The summed E-state index contributed by atoms with van der Waals surface area (Å²) in [6, 6.07) is 0.444. The molecule has 2 heterocycles. The van der Waals surface area contributed by atoms with Crippen molar-refractivity contribution in [3.05, 3.63) is 11.9 Å². The molecule has 1 aliphatic heterocycles. The first-order valence-corrected chi connectivity index (χ1v) is 5.93. The molecule has 0 unspecified atom stereocenters. The summed E-state index contributed by atoms with van der Waals surface area (Å²) in [5.41, 5.74) is 0.653. The molecule has 1 aromatic rings. The van der Waals surface area contributed by atoms with Gasteiger partial charge in [0.1, 0.15) is 5.69 Å². The monoisotopic (exact) mass is 224 g/mol. The first kappa shape index (κ1) is 11.5. The summed E-state index contributed by atoms with van der Waals surface area (Å²) in [4.78, 5) is 2.44. The van der Waals surface area contributed by atoms with Gasteiger partial charge in [-0.05, 0) is 18.9 Å². The Bertz CT molecular complexity index is 330. The molecule has 90 valence electrons. The van der Waals surface area contributed by atoms with Crippen LogP contribution < -0.4 is 0 Å². The quantitative estimate of drug-likeness (QED) is 0.799. The van der Waals surface area contributed by atoms with E-state index in [-0.39, 0.29) is 6.61 Å². The molecule has 2 rings (SSSR count). The van der Waals surface area contributed by atoms with Crippen molar-refractivity contribution in [1.29, 1.82) is 0 Å². The van der Waals surface area contributed by atoms with E-state index in [1.165, 1.54) is 13.0 Å². The van der Waals surface area contributed by atoms with E-state index in [0.717, 1.165) is 19.0 Å². The Labute approximate surface area is 96.1 Å². The molecular weight excluding hydrogens is 204 g/mol. The van der Waals surface area contributed by atoms with Crippen LogP contribution >= 0.6 is 0 Å². The zero-order valence-electron chi connectivity index (χ0n) is 10.0. The molecule has 5 nitrogen and oxygen atoms in total. The van der Waals surface area contributed by atoms with Crippen LogP contribution in [-0.2, 0) is 6.61 Å². The van der Waals surface area contributed by atoms with Crippen molar-refractivity contribution in [1.82, 2.24) is 19.9 Å². The molecule has 0 aromatic carbocycles. The highest BCUT2D eigenvalue weighted by molar-refractivity contribution is 4.94. The highest BCUT2D eigenvalue weighted by Crippen LogP contribution is 2.21. The van der Waals surface area contributed by atoms with Crippen LogP contribution in [0, 0.1) is 5.92 Å². The van der Waals surface area contributed by atoms with Crippen LogP contribution in [0.5, 0.6) is 0 Å². The van der Waals surface area contributed by atoms with E-state index in [1.54, 1.807) is 0 Å². The van der Waals surface area contributed by atoms with Crippen LogP contribution in [0.15, 0.2) is 6.20 Å². The molecule has 0 aliphatic carbocycles. The Morgan fingerprint density at radius 1 is 1.50 bits per heavy atom. The van der Waals surface area contributed by atoms with Crippen molar-refractivity contribution >= 4 is 0 Å². The maximum absolute atomic E-state index is 8.89. The minimum atomic E-state index is -0.0240. The first-order chi connectivity index (χ1) is 7.69. The van der Waals surface area contributed by atoms with Gasteiger partial charge in [0.05, 0.1) is 18.8 Å². The van der Waals surface area contributed by atoms with Crippen molar-refractivity contribution in [2.24, 2.45) is 5.92 Å². The standard InChI is InChI=1S/C11H20N4O/c1-9(2)3-4-14-6-11(7-14)15-5-10(8-16)12-13-15/h5,9,11,16H,3-4,6-8H2,1-2H3. The molecule has 1 N–H and O–H groups in total. The van der Waals surface area contributed by atoms with Gasteiger partial charge in [0, 0.05) is 13.1 Å². The minimum Gasteiger partial charge on any atom is -0.390 e. The fourth-order valence-electron chi connectivity index (χ4n) is 1.90. The van der Waals surface area contributed by atoms with Crippen LogP contribution in [0.1, 0.15) is 32.0 Å². The van der Waals surface area contributed by atoms with E-state index in [1.807, 2.05) is 10.9 Å². The number of hydrogen-bond donors (Lipinski definition) is 1. The Balaban J connectivity index is 1.75. The SMILES string of the molecule is CC(C)CCN1CC(n2cc(CO)nn2)C1. The second-order valence-corrected chi connectivity index (χ2v) is 4.94. The third-order valence-electron chi connectivity index (χ3n) is 3.05. The fraction of sp³-hybridized carbons (Fsp3) is 0.818. The topological polar surface area (TPSA) is 54.2 Å². The van der Waals surface area contributed by atoms with Gasteiger partial charge in [0.2, 0.25) is 0 Å². The number of likely N-dealkylation sites (tertiary alicyclic amines) is 1. The summed E-state index contributed by atoms with van der Waals surface area (Å²) in [7, 11) is 0. The third kappa shape index (κ3) is 2.59. The summed E-state index contributed by atoms with van der Waals surface area (Å²) < 4.78 is 1.87. The smallest absolute Gasteiger partial charge is 0.108 e. The Kier molecular flexibility index (Phi) is 3.56. The molecule has 0 spiro atoms. The van der Waals surface area contributed by atoms with E-state index < -0.39 is 0 Å². The Morgan fingerprint density at radius 2 is 2.25 bits per heavy atom. The first-order valence-electron chi connectivity index (χ1n) is 5.93. The van der Waals surface area contributed by atoms with E-state index in [2.05, 4.69) is 29.1 Å². The lowest BCUT2D eigenvalue weighted by molar-refractivity contribution is 0.0920. The predicted molar refractivity (Wildman–Crippen MR) is 60.9 cm³/mol. The summed E-state index contributed by atoms with van der Waals surface area (Å²) in [6.45, 7) is 7.77. The molecule has 1 fully saturated rings. The van der Waals surface area contributed by atoms with Crippen molar-refractivity contribution in [3.63, 3.8) is 0 Å². The molecule has 0 radical (unpaired) electrons. The maximum Gasteiger partial charge on any atom is 0.108 e. The zero-order chi connectivity index (χ0) is 11.5. The number of nitrogens with zero attached hydrogens (tertiary/aromatic N) is 4. The van der Waals surface area contributed by atoms with E-state index in [9.17, 15) is 0 Å².